The van der Waals surface area contributed by atoms with Crippen LogP contribution < -0.4 is 20.3 Å². The zero-order valence-electron chi connectivity index (χ0n) is 18.3. The molecule has 0 aliphatic carbocycles. The molecule has 2 aromatic carbocycles. The van der Waals surface area contributed by atoms with Gasteiger partial charge >= 0.3 is 0 Å². The molecule has 3 rings (SSSR count). The van der Waals surface area contributed by atoms with E-state index in [1.807, 2.05) is 41.9 Å². The van der Waals surface area contributed by atoms with Crippen LogP contribution in [0.5, 0.6) is 11.5 Å². The van der Waals surface area contributed by atoms with E-state index in [1.165, 1.54) is 6.33 Å². The Labute approximate surface area is 192 Å². The summed E-state index contributed by atoms with van der Waals surface area (Å²) in [5.41, 5.74) is 4.19. The highest BCUT2D eigenvalue weighted by molar-refractivity contribution is 5.93. The van der Waals surface area contributed by atoms with E-state index in [2.05, 4.69) is 26.2 Å². The normalized spacial score (nSPS) is 10.5. The smallest absolute Gasteiger partial charge is 0.245 e. The van der Waals surface area contributed by atoms with Crippen LogP contribution in [0.4, 0.5) is 11.5 Å². The SMILES string of the molecule is C#Cc1cccc(Nc2ncnc3cc(OC)c(OCCCCCCC(=O)NOO)cc23)c1. The summed E-state index contributed by atoms with van der Waals surface area (Å²) >= 11 is 0. The molecular formula is C24H26N4O5. The molecule has 0 aliphatic heterocycles. The first-order valence-corrected chi connectivity index (χ1v) is 10.5. The molecule has 0 bridgehead atoms. The predicted molar refractivity (Wildman–Crippen MR) is 124 cm³/mol. The van der Waals surface area contributed by atoms with Gasteiger partial charge in [0.25, 0.3) is 0 Å². The number of hydrogen-bond donors (Lipinski definition) is 3. The van der Waals surface area contributed by atoms with Gasteiger partial charge in [0, 0.05) is 29.1 Å². The van der Waals surface area contributed by atoms with E-state index >= 15 is 0 Å². The first kappa shape index (κ1) is 23.8. The number of unbranched alkanes of at least 4 members (excludes halogenated alkanes) is 3. The number of fused-ring (bicyclic) bond motifs is 1. The number of rotatable bonds is 12. The fraction of sp³-hybridized carbons (Fsp3) is 0.292. The maximum atomic E-state index is 11.2. The van der Waals surface area contributed by atoms with Crippen LogP contribution in [0.25, 0.3) is 10.9 Å². The Morgan fingerprint density at radius 2 is 1.97 bits per heavy atom. The molecule has 0 fully saturated rings. The van der Waals surface area contributed by atoms with Crippen molar-refractivity contribution >= 4 is 28.3 Å². The molecule has 3 N–H and O–H groups in total. The number of hydrogen-bond acceptors (Lipinski definition) is 8. The summed E-state index contributed by atoms with van der Waals surface area (Å²) in [5.74, 6) is 4.08. The molecule has 0 saturated carbocycles. The fourth-order valence-electron chi connectivity index (χ4n) is 3.28. The Hall–Kier alpha value is -3.87. The molecule has 3 aromatic rings. The lowest BCUT2D eigenvalue weighted by Gasteiger charge is -2.14. The number of amides is 1. The number of carbonyl (C=O) groups is 1. The van der Waals surface area contributed by atoms with Gasteiger partial charge in [0.2, 0.25) is 5.91 Å². The number of methoxy groups -OCH3 is 1. The largest absolute Gasteiger partial charge is 0.493 e. The highest BCUT2D eigenvalue weighted by atomic mass is 17.2. The number of benzene rings is 2. The van der Waals surface area contributed by atoms with E-state index in [0.717, 1.165) is 41.4 Å². The number of nitrogens with one attached hydrogen (secondary N) is 2. The van der Waals surface area contributed by atoms with E-state index in [4.69, 9.17) is 21.2 Å². The van der Waals surface area contributed by atoms with Crippen molar-refractivity contribution < 1.29 is 24.5 Å². The molecule has 9 heteroatoms. The second kappa shape index (κ2) is 12.2. The third-order valence-electron chi connectivity index (χ3n) is 4.93. The number of carbonyl (C=O) groups excluding carboxylic acids is 1. The lowest BCUT2D eigenvalue weighted by Crippen LogP contribution is -2.21. The Morgan fingerprint density at radius 1 is 1.12 bits per heavy atom. The van der Waals surface area contributed by atoms with Crippen LogP contribution in [0.15, 0.2) is 42.7 Å². The van der Waals surface area contributed by atoms with E-state index < -0.39 is 0 Å². The zero-order valence-corrected chi connectivity index (χ0v) is 18.3. The average molecular weight is 450 g/mol. The summed E-state index contributed by atoms with van der Waals surface area (Å²) in [6, 6.07) is 11.2. The van der Waals surface area contributed by atoms with Crippen molar-refractivity contribution in [3.8, 4) is 23.8 Å². The minimum Gasteiger partial charge on any atom is -0.493 e. The van der Waals surface area contributed by atoms with Crippen LogP contribution in [-0.2, 0) is 9.78 Å². The molecule has 1 amide bonds. The Balaban J connectivity index is 1.65. The number of ether oxygens (including phenoxy) is 2. The third kappa shape index (κ3) is 6.80. The highest BCUT2D eigenvalue weighted by Gasteiger charge is 2.12. The van der Waals surface area contributed by atoms with Crippen LogP contribution >= 0.6 is 0 Å². The van der Waals surface area contributed by atoms with Gasteiger partial charge in [-0.2, -0.15) is 0 Å². The van der Waals surface area contributed by atoms with Gasteiger partial charge < -0.3 is 14.8 Å². The van der Waals surface area contributed by atoms with Crippen LogP contribution in [0.3, 0.4) is 0 Å². The molecule has 0 spiro atoms. The second-order valence-electron chi connectivity index (χ2n) is 7.22. The van der Waals surface area contributed by atoms with E-state index in [-0.39, 0.29) is 5.91 Å². The molecule has 9 nitrogen and oxygen atoms in total. The van der Waals surface area contributed by atoms with Crippen molar-refractivity contribution in [2.45, 2.75) is 32.1 Å². The summed E-state index contributed by atoms with van der Waals surface area (Å²) in [4.78, 5) is 23.5. The summed E-state index contributed by atoms with van der Waals surface area (Å²) in [6.07, 6.45) is 10.5. The number of aromatic nitrogens is 2. The molecule has 0 radical (unpaired) electrons. The first-order chi connectivity index (χ1) is 16.1. The molecule has 172 valence electrons. The standard InChI is InChI=1S/C24H26N4O5/c1-3-17-9-8-10-18(13-17)27-24-19-14-22(21(31-2)15-20(19)25-16-26-24)32-12-7-5-4-6-11-23(29)28-33-30/h1,8-10,13-16,30H,4-7,11-12H2,2H3,(H,28,29)(H,25,26,27). The first-order valence-electron chi connectivity index (χ1n) is 10.5. The number of terminal acetylenes is 1. The topological polar surface area (TPSA) is 115 Å². The van der Waals surface area contributed by atoms with E-state index in [9.17, 15) is 4.79 Å². The van der Waals surface area contributed by atoms with Crippen LogP contribution in [0.1, 0.15) is 37.7 Å². The van der Waals surface area contributed by atoms with Crippen LogP contribution in [-0.4, -0.2) is 34.8 Å². The van der Waals surface area contributed by atoms with Gasteiger partial charge in [-0.25, -0.2) is 20.7 Å². The number of anilines is 2. The average Bonchev–Trinajstić information content (AvgIpc) is 2.83. The Morgan fingerprint density at radius 3 is 2.76 bits per heavy atom. The summed E-state index contributed by atoms with van der Waals surface area (Å²) in [5, 5.41) is 12.2. The molecule has 0 unspecified atom stereocenters. The lowest BCUT2D eigenvalue weighted by molar-refractivity contribution is -0.284. The summed E-state index contributed by atoms with van der Waals surface area (Å²) < 4.78 is 11.5. The summed E-state index contributed by atoms with van der Waals surface area (Å²) in [7, 11) is 1.58. The van der Waals surface area contributed by atoms with Crippen molar-refractivity contribution in [1.82, 2.24) is 15.4 Å². The van der Waals surface area contributed by atoms with Crippen molar-refractivity contribution in [3.05, 3.63) is 48.3 Å². The van der Waals surface area contributed by atoms with Crippen molar-refractivity contribution in [1.29, 1.82) is 0 Å². The molecule has 1 aromatic heterocycles. The van der Waals surface area contributed by atoms with E-state index in [1.54, 1.807) is 7.11 Å². The minimum absolute atomic E-state index is 0.292. The van der Waals surface area contributed by atoms with E-state index in [0.29, 0.717) is 36.8 Å². The van der Waals surface area contributed by atoms with Crippen LogP contribution in [0, 0.1) is 12.3 Å². The second-order valence-corrected chi connectivity index (χ2v) is 7.22. The monoisotopic (exact) mass is 450 g/mol. The molecule has 0 atom stereocenters. The third-order valence-corrected chi connectivity index (χ3v) is 4.93. The van der Waals surface area contributed by atoms with Gasteiger partial charge in [-0.3, -0.25) is 4.79 Å². The Bertz CT molecular complexity index is 1130. The lowest BCUT2D eigenvalue weighted by atomic mass is 10.1. The number of hydroxylamine groups is 1. The maximum Gasteiger partial charge on any atom is 0.245 e. The summed E-state index contributed by atoms with van der Waals surface area (Å²) in [6.45, 7) is 0.495. The van der Waals surface area contributed by atoms with Crippen molar-refractivity contribution in [3.63, 3.8) is 0 Å². The van der Waals surface area contributed by atoms with Gasteiger partial charge in [-0.05, 0) is 37.1 Å². The van der Waals surface area contributed by atoms with Gasteiger partial charge in [-0.15, -0.1) is 11.4 Å². The molecular weight excluding hydrogens is 424 g/mol. The molecule has 1 heterocycles. The molecule has 0 saturated heterocycles. The van der Waals surface area contributed by atoms with Gasteiger partial charge in [0.15, 0.2) is 11.5 Å². The molecule has 0 aliphatic rings. The minimum atomic E-state index is -0.354. The zero-order chi connectivity index (χ0) is 23.5. The predicted octanol–water partition coefficient (Wildman–Crippen LogP) is 4.21. The number of nitrogens with zero attached hydrogens (tertiary/aromatic N) is 2. The fourth-order valence-corrected chi connectivity index (χ4v) is 3.28. The maximum absolute atomic E-state index is 11.2. The Kier molecular flexibility index (Phi) is 8.82. The molecule has 33 heavy (non-hydrogen) atoms. The highest BCUT2D eigenvalue weighted by Crippen LogP contribution is 2.35. The van der Waals surface area contributed by atoms with Crippen molar-refractivity contribution in [2.75, 3.05) is 19.0 Å². The quantitative estimate of drug-likeness (QED) is 0.163. The van der Waals surface area contributed by atoms with Crippen LogP contribution in [0.2, 0.25) is 0 Å². The van der Waals surface area contributed by atoms with Gasteiger partial charge in [0.05, 0.1) is 19.2 Å². The van der Waals surface area contributed by atoms with Crippen molar-refractivity contribution in [2.24, 2.45) is 0 Å². The van der Waals surface area contributed by atoms with Gasteiger partial charge in [-0.1, -0.05) is 24.8 Å². The van der Waals surface area contributed by atoms with Gasteiger partial charge in [0.1, 0.15) is 12.1 Å².